The maximum Gasteiger partial charge on any atom is 0.573 e. The van der Waals surface area contributed by atoms with Crippen molar-refractivity contribution in [3.63, 3.8) is 0 Å². The molecular weight excluding hydrogens is 325 g/mol. The lowest BCUT2D eigenvalue weighted by Gasteiger charge is -2.10. The van der Waals surface area contributed by atoms with Crippen molar-refractivity contribution in [2.45, 2.75) is 12.8 Å². The van der Waals surface area contributed by atoms with Gasteiger partial charge < -0.3 is 9.84 Å². The number of carboxylic acid groups (broad SMARTS) is 1. The Hall–Kier alpha value is -2.71. The summed E-state index contributed by atoms with van der Waals surface area (Å²) < 4.78 is 67.0. The number of carboxylic acids is 1. The van der Waals surface area contributed by atoms with Crippen LogP contribution in [0.25, 0.3) is 11.3 Å². The molecule has 0 bridgehead atoms. The molecule has 1 aromatic heterocycles. The van der Waals surface area contributed by atoms with E-state index in [2.05, 4.69) is 9.72 Å². The van der Waals surface area contributed by atoms with Gasteiger partial charge in [0.15, 0.2) is 5.82 Å². The number of carbonyl (C=O) groups is 1. The van der Waals surface area contributed by atoms with Crippen molar-refractivity contribution in [2.75, 3.05) is 0 Å². The number of aliphatic carboxylic acids is 1. The highest BCUT2D eigenvalue weighted by molar-refractivity contribution is 5.70. The summed E-state index contributed by atoms with van der Waals surface area (Å²) in [6, 6.07) is 4.53. The lowest BCUT2D eigenvalue weighted by Crippen LogP contribution is -2.16. The van der Waals surface area contributed by atoms with Crippen molar-refractivity contribution in [3.05, 3.63) is 47.7 Å². The van der Waals surface area contributed by atoms with Gasteiger partial charge >= 0.3 is 12.3 Å². The fourth-order valence-electron chi connectivity index (χ4n) is 1.79. The topological polar surface area (TPSA) is 59.4 Å². The van der Waals surface area contributed by atoms with E-state index in [1.807, 2.05) is 0 Å². The molecule has 0 amide bonds. The molecule has 4 nitrogen and oxygen atoms in total. The maximum atomic E-state index is 13.8. The maximum absolute atomic E-state index is 13.8. The summed E-state index contributed by atoms with van der Waals surface area (Å²) in [5.74, 6) is -4.07. The number of aromatic nitrogens is 1. The quantitative estimate of drug-likeness (QED) is 0.870. The molecule has 0 aliphatic heterocycles. The first kappa shape index (κ1) is 16.7. The normalized spacial score (nSPS) is 11.3. The van der Waals surface area contributed by atoms with Crippen LogP contribution in [-0.4, -0.2) is 22.4 Å². The number of benzene rings is 1. The standard InChI is InChI=1S/C14H8F5NO3/c15-9-5-10(16)13(20-11(9)6-12(21)22)7-1-3-8(4-2-7)23-14(17,18)19/h1-5H,6H2,(H,21,22). The number of alkyl halides is 3. The van der Waals surface area contributed by atoms with Gasteiger partial charge in [0.05, 0.1) is 12.1 Å². The van der Waals surface area contributed by atoms with Crippen LogP contribution in [0.1, 0.15) is 5.69 Å². The first-order chi connectivity index (χ1) is 10.7. The third kappa shape index (κ3) is 4.38. The van der Waals surface area contributed by atoms with Gasteiger partial charge in [-0.25, -0.2) is 13.8 Å². The van der Waals surface area contributed by atoms with Crippen LogP contribution in [0, 0.1) is 11.6 Å². The fourth-order valence-corrected chi connectivity index (χ4v) is 1.79. The average molecular weight is 333 g/mol. The molecule has 0 saturated heterocycles. The molecule has 1 heterocycles. The molecule has 122 valence electrons. The number of pyridine rings is 1. The molecule has 23 heavy (non-hydrogen) atoms. The number of nitrogens with zero attached hydrogens (tertiary/aromatic N) is 1. The number of rotatable bonds is 4. The summed E-state index contributed by atoms with van der Waals surface area (Å²) in [5.41, 5.74) is -0.811. The number of ether oxygens (including phenoxy) is 1. The van der Waals surface area contributed by atoms with E-state index < -0.39 is 41.8 Å². The second-order valence-electron chi connectivity index (χ2n) is 4.39. The van der Waals surface area contributed by atoms with Crippen molar-refractivity contribution in [3.8, 4) is 17.0 Å². The molecule has 2 rings (SSSR count). The molecule has 0 fully saturated rings. The predicted octanol–water partition coefficient (Wildman–Crippen LogP) is 3.55. The molecule has 0 aliphatic rings. The van der Waals surface area contributed by atoms with E-state index in [4.69, 9.17) is 5.11 Å². The Morgan fingerprint density at radius 3 is 2.26 bits per heavy atom. The lowest BCUT2D eigenvalue weighted by molar-refractivity contribution is -0.274. The molecule has 0 unspecified atom stereocenters. The average Bonchev–Trinajstić information content (AvgIpc) is 2.41. The Bertz CT molecular complexity index is 728. The van der Waals surface area contributed by atoms with Gasteiger partial charge in [-0.15, -0.1) is 13.2 Å². The molecule has 0 atom stereocenters. The van der Waals surface area contributed by atoms with E-state index in [1.54, 1.807) is 0 Å². The van der Waals surface area contributed by atoms with E-state index in [9.17, 15) is 26.7 Å². The van der Waals surface area contributed by atoms with Crippen molar-refractivity contribution >= 4 is 5.97 Å². The fraction of sp³-hybridized carbons (Fsp3) is 0.143. The Labute approximate surface area is 126 Å². The van der Waals surface area contributed by atoms with Gasteiger partial charge in [0.2, 0.25) is 0 Å². The molecule has 0 spiro atoms. The molecule has 1 aromatic carbocycles. The summed E-state index contributed by atoms with van der Waals surface area (Å²) >= 11 is 0. The molecule has 0 aliphatic carbocycles. The number of halogens is 5. The number of hydrogen-bond acceptors (Lipinski definition) is 3. The lowest BCUT2D eigenvalue weighted by atomic mass is 10.1. The second-order valence-corrected chi connectivity index (χ2v) is 4.39. The summed E-state index contributed by atoms with van der Waals surface area (Å²) in [7, 11) is 0. The van der Waals surface area contributed by atoms with Crippen LogP contribution < -0.4 is 4.74 Å². The largest absolute Gasteiger partial charge is 0.573 e. The molecule has 0 radical (unpaired) electrons. The summed E-state index contributed by atoms with van der Waals surface area (Å²) in [4.78, 5) is 14.2. The van der Waals surface area contributed by atoms with Gasteiger partial charge in [0.1, 0.15) is 17.3 Å². The highest BCUT2D eigenvalue weighted by atomic mass is 19.4. The van der Waals surface area contributed by atoms with Crippen molar-refractivity contribution < 1.29 is 36.6 Å². The van der Waals surface area contributed by atoms with Crippen LogP contribution in [-0.2, 0) is 11.2 Å². The van der Waals surface area contributed by atoms with Crippen molar-refractivity contribution in [1.82, 2.24) is 4.98 Å². The van der Waals surface area contributed by atoms with E-state index in [0.29, 0.717) is 6.07 Å². The SMILES string of the molecule is O=C(O)Cc1nc(-c2ccc(OC(F)(F)F)cc2)c(F)cc1F. The molecule has 0 saturated carbocycles. The summed E-state index contributed by atoms with van der Waals surface area (Å²) in [6.07, 6.45) is -5.62. The highest BCUT2D eigenvalue weighted by Crippen LogP contribution is 2.27. The predicted molar refractivity (Wildman–Crippen MR) is 67.6 cm³/mol. The minimum Gasteiger partial charge on any atom is -0.481 e. The highest BCUT2D eigenvalue weighted by Gasteiger charge is 2.31. The Morgan fingerprint density at radius 2 is 1.74 bits per heavy atom. The van der Waals surface area contributed by atoms with E-state index >= 15 is 0 Å². The monoisotopic (exact) mass is 333 g/mol. The van der Waals surface area contributed by atoms with Crippen LogP contribution in [0.3, 0.4) is 0 Å². The third-order valence-corrected chi connectivity index (χ3v) is 2.68. The van der Waals surface area contributed by atoms with E-state index in [0.717, 1.165) is 24.3 Å². The Kier molecular flexibility index (Phi) is 4.48. The minimum atomic E-state index is -4.87. The zero-order valence-corrected chi connectivity index (χ0v) is 11.2. The van der Waals surface area contributed by atoms with Crippen LogP contribution in [0.15, 0.2) is 30.3 Å². The first-order valence-corrected chi connectivity index (χ1v) is 6.08. The van der Waals surface area contributed by atoms with Gasteiger partial charge in [-0.2, -0.15) is 0 Å². The van der Waals surface area contributed by atoms with E-state index in [1.165, 1.54) is 0 Å². The smallest absolute Gasteiger partial charge is 0.481 e. The van der Waals surface area contributed by atoms with E-state index in [-0.39, 0.29) is 11.3 Å². The van der Waals surface area contributed by atoms with Crippen LogP contribution in [0.2, 0.25) is 0 Å². The summed E-state index contributed by atoms with van der Waals surface area (Å²) in [6.45, 7) is 0. The van der Waals surface area contributed by atoms with Gasteiger partial charge in [0.25, 0.3) is 0 Å². The molecule has 9 heteroatoms. The zero-order chi connectivity index (χ0) is 17.2. The van der Waals surface area contributed by atoms with Crippen molar-refractivity contribution in [1.29, 1.82) is 0 Å². The van der Waals surface area contributed by atoms with Gasteiger partial charge in [-0.3, -0.25) is 4.79 Å². The Balaban J connectivity index is 2.36. The number of hydrogen-bond donors (Lipinski definition) is 1. The Morgan fingerprint density at radius 1 is 1.13 bits per heavy atom. The van der Waals surface area contributed by atoms with Gasteiger partial charge in [0, 0.05) is 11.6 Å². The zero-order valence-electron chi connectivity index (χ0n) is 11.2. The van der Waals surface area contributed by atoms with Gasteiger partial charge in [-0.1, -0.05) is 0 Å². The first-order valence-electron chi connectivity index (χ1n) is 6.08. The molecule has 1 N–H and O–H groups in total. The summed E-state index contributed by atoms with van der Waals surface area (Å²) in [5, 5.41) is 8.64. The van der Waals surface area contributed by atoms with Gasteiger partial charge in [-0.05, 0) is 24.3 Å². The van der Waals surface area contributed by atoms with Crippen LogP contribution in [0.5, 0.6) is 5.75 Å². The molecular formula is C14H8F5NO3. The minimum absolute atomic E-state index is 0.0451. The third-order valence-electron chi connectivity index (χ3n) is 2.68. The van der Waals surface area contributed by atoms with Crippen LogP contribution in [0.4, 0.5) is 22.0 Å². The molecule has 2 aromatic rings. The second kappa shape index (κ2) is 6.19. The van der Waals surface area contributed by atoms with Crippen LogP contribution >= 0.6 is 0 Å². The van der Waals surface area contributed by atoms with Crippen molar-refractivity contribution in [2.24, 2.45) is 0 Å².